The third-order valence-corrected chi connectivity index (χ3v) is 3.53. The molecule has 1 unspecified atom stereocenters. The van der Waals surface area contributed by atoms with Crippen molar-refractivity contribution in [3.05, 3.63) is 35.4 Å². The van der Waals surface area contributed by atoms with Crippen LogP contribution in [0.3, 0.4) is 0 Å². The molecule has 1 N–H and O–H groups in total. The molecule has 0 heterocycles. The standard InChI is InChI=1S/C16H23NO3/c1-2-20-16(18)12-19-11-10-17-15-9-5-7-13-6-3-4-8-14(13)15/h3-4,6,8,15,17H,2,5,7,9-12H2,1H3. The largest absolute Gasteiger partial charge is 0.464 e. The van der Waals surface area contributed by atoms with Crippen LogP contribution in [0.1, 0.15) is 36.9 Å². The molecule has 0 radical (unpaired) electrons. The highest BCUT2D eigenvalue weighted by Crippen LogP contribution is 2.29. The minimum Gasteiger partial charge on any atom is -0.464 e. The van der Waals surface area contributed by atoms with E-state index >= 15 is 0 Å². The van der Waals surface area contributed by atoms with E-state index in [1.54, 1.807) is 6.92 Å². The van der Waals surface area contributed by atoms with Crippen molar-refractivity contribution >= 4 is 5.97 Å². The number of benzene rings is 1. The van der Waals surface area contributed by atoms with Crippen LogP contribution in [0.15, 0.2) is 24.3 Å². The second-order valence-electron chi connectivity index (χ2n) is 4.96. The third kappa shape index (κ3) is 4.32. The molecule has 4 heteroatoms. The SMILES string of the molecule is CCOC(=O)COCCNC1CCCc2ccccc21. The van der Waals surface area contributed by atoms with Gasteiger partial charge < -0.3 is 14.8 Å². The van der Waals surface area contributed by atoms with E-state index in [9.17, 15) is 4.79 Å². The van der Waals surface area contributed by atoms with Gasteiger partial charge in [0.25, 0.3) is 0 Å². The van der Waals surface area contributed by atoms with Gasteiger partial charge in [-0.1, -0.05) is 24.3 Å². The fourth-order valence-corrected chi connectivity index (χ4v) is 2.63. The maximum absolute atomic E-state index is 11.1. The van der Waals surface area contributed by atoms with Crippen molar-refractivity contribution in [3.63, 3.8) is 0 Å². The van der Waals surface area contributed by atoms with Crippen molar-refractivity contribution in [3.8, 4) is 0 Å². The van der Waals surface area contributed by atoms with Gasteiger partial charge >= 0.3 is 5.97 Å². The molecule has 20 heavy (non-hydrogen) atoms. The summed E-state index contributed by atoms with van der Waals surface area (Å²) in [6, 6.07) is 9.01. The van der Waals surface area contributed by atoms with E-state index < -0.39 is 0 Å². The van der Waals surface area contributed by atoms with Gasteiger partial charge in [-0.15, -0.1) is 0 Å². The predicted molar refractivity (Wildman–Crippen MR) is 77.6 cm³/mol. The monoisotopic (exact) mass is 277 g/mol. The quantitative estimate of drug-likeness (QED) is 0.613. The zero-order valence-electron chi connectivity index (χ0n) is 12.1. The van der Waals surface area contributed by atoms with Crippen LogP contribution in [-0.4, -0.2) is 32.3 Å². The molecule has 4 nitrogen and oxygen atoms in total. The Morgan fingerprint density at radius 2 is 2.25 bits per heavy atom. The summed E-state index contributed by atoms with van der Waals surface area (Å²) in [5.41, 5.74) is 2.85. The lowest BCUT2D eigenvalue weighted by Gasteiger charge is -2.26. The number of carbonyl (C=O) groups excluding carboxylic acids is 1. The van der Waals surface area contributed by atoms with Crippen LogP contribution >= 0.6 is 0 Å². The van der Waals surface area contributed by atoms with Crippen LogP contribution in [0.4, 0.5) is 0 Å². The van der Waals surface area contributed by atoms with Crippen molar-refractivity contribution in [2.45, 2.75) is 32.2 Å². The molecule has 1 atom stereocenters. The normalized spacial score (nSPS) is 17.6. The predicted octanol–water partition coefficient (Wildman–Crippen LogP) is 2.23. The molecule has 0 aromatic heterocycles. The molecule has 1 aliphatic rings. The topological polar surface area (TPSA) is 47.6 Å². The van der Waals surface area contributed by atoms with Crippen molar-refractivity contribution in [1.82, 2.24) is 5.32 Å². The lowest BCUT2D eigenvalue weighted by atomic mass is 9.88. The number of aryl methyl sites for hydroxylation is 1. The number of fused-ring (bicyclic) bond motifs is 1. The Morgan fingerprint density at radius 1 is 1.40 bits per heavy atom. The Morgan fingerprint density at radius 3 is 3.10 bits per heavy atom. The summed E-state index contributed by atoms with van der Waals surface area (Å²) in [7, 11) is 0. The summed E-state index contributed by atoms with van der Waals surface area (Å²) in [5.74, 6) is -0.296. The van der Waals surface area contributed by atoms with Crippen LogP contribution in [0.5, 0.6) is 0 Å². The Kier molecular flexibility index (Phi) is 6.02. The van der Waals surface area contributed by atoms with Crippen LogP contribution in [0, 0.1) is 0 Å². The van der Waals surface area contributed by atoms with E-state index in [2.05, 4.69) is 29.6 Å². The van der Waals surface area contributed by atoms with Crippen molar-refractivity contribution in [2.75, 3.05) is 26.4 Å². The van der Waals surface area contributed by atoms with Crippen molar-refractivity contribution < 1.29 is 14.3 Å². The molecule has 1 aromatic carbocycles. The van der Waals surface area contributed by atoms with Crippen LogP contribution in [0.2, 0.25) is 0 Å². The first-order chi connectivity index (χ1) is 9.81. The summed E-state index contributed by atoms with van der Waals surface area (Å²) in [6.07, 6.45) is 3.56. The van der Waals surface area contributed by atoms with E-state index in [0.29, 0.717) is 19.3 Å². The first kappa shape index (κ1) is 15.0. The van der Waals surface area contributed by atoms with Gasteiger partial charge in [0, 0.05) is 12.6 Å². The molecule has 1 aromatic rings. The fourth-order valence-electron chi connectivity index (χ4n) is 2.63. The Balaban J connectivity index is 1.69. The number of hydrogen-bond donors (Lipinski definition) is 1. The maximum Gasteiger partial charge on any atom is 0.332 e. The molecule has 0 aliphatic heterocycles. The molecule has 0 saturated heterocycles. The molecule has 0 saturated carbocycles. The first-order valence-corrected chi connectivity index (χ1v) is 7.35. The van der Waals surface area contributed by atoms with E-state index in [4.69, 9.17) is 9.47 Å². The summed E-state index contributed by atoms with van der Waals surface area (Å²) in [6.45, 7) is 3.51. The zero-order valence-corrected chi connectivity index (χ0v) is 12.1. The van der Waals surface area contributed by atoms with Gasteiger partial charge in [0.2, 0.25) is 0 Å². The average molecular weight is 277 g/mol. The van der Waals surface area contributed by atoms with Crippen molar-refractivity contribution in [2.24, 2.45) is 0 Å². The third-order valence-electron chi connectivity index (χ3n) is 3.53. The van der Waals surface area contributed by atoms with Gasteiger partial charge in [-0.05, 0) is 37.3 Å². The highest BCUT2D eigenvalue weighted by molar-refractivity contribution is 5.70. The molecule has 2 rings (SSSR count). The van der Waals surface area contributed by atoms with E-state index in [1.807, 2.05) is 0 Å². The van der Waals surface area contributed by atoms with Crippen LogP contribution in [0.25, 0.3) is 0 Å². The Labute approximate surface area is 120 Å². The molecule has 110 valence electrons. The lowest BCUT2D eigenvalue weighted by molar-refractivity contribution is -0.148. The number of hydrogen-bond acceptors (Lipinski definition) is 4. The number of rotatable bonds is 7. The van der Waals surface area contributed by atoms with E-state index in [-0.39, 0.29) is 12.6 Å². The Hall–Kier alpha value is -1.39. The number of esters is 1. The maximum atomic E-state index is 11.1. The molecule has 0 spiro atoms. The lowest BCUT2D eigenvalue weighted by Crippen LogP contribution is -2.29. The van der Waals surface area contributed by atoms with Crippen LogP contribution < -0.4 is 5.32 Å². The molecule has 0 fully saturated rings. The van der Waals surface area contributed by atoms with E-state index in [0.717, 1.165) is 13.0 Å². The van der Waals surface area contributed by atoms with Gasteiger partial charge in [0.15, 0.2) is 0 Å². The summed E-state index contributed by atoms with van der Waals surface area (Å²) in [5, 5.41) is 3.51. The Bertz CT molecular complexity index is 433. The summed E-state index contributed by atoms with van der Waals surface area (Å²) < 4.78 is 10.1. The van der Waals surface area contributed by atoms with Gasteiger partial charge in [0.1, 0.15) is 6.61 Å². The molecular weight excluding hydrogens is 254 g/mol. The molecule has 1 aliphatic carbocycles. The number of ether oxygens (including phenoxy) is 2. The van der Waals surface area contributed by atoms with Crippen LogP contribution in [-0.2, 0) is 20.7 Å². The number of carbonyl (C=O) groups is 1. The first-order valence-electron chi connectivity index (χ1n) is 7.35. The van der Waals surface area contributed by atoms with Gasteiger partial charge in [-0.3, -0.25) is 0 Å². The molecule has 0 bridgehead atoms. The van der Waals surface area contributed by atoms with Gasteiger partial charge in [-0.25, -0.2) is 4.79 Å². The van der Waals surface area contributed by atoms with E-state index in [1.165, 1.54) is 24.0 Å². The second kappa shape index (κ2) is 8.02. The highest BCUT2D eigenvalue weighted by Gasteiger charge is 2.18. The zero-order chi connectivity index (χ0) is 14.2. The van der Waals surface area contributed by atoms with Gasteiger partial charge in [-0.2, -0.15) is 0 Å². The minimum atomic E-state index is -0.296. The highest BCUT2D eigenvalue weighted by atomic mass is 16.6. The summed E-state index contributed by atoms with van der Waals surface area (Å²) >= 11 is 0. The summed E-state index contributed by atoms with van der Waals surface area (Å²) in [4.78, 5) is 11.1. The average Bonchev–Trinajstić information content (AvgIpc) is 2.47. The van der Waals surface area contributed by atoms with Crippen molar-refractivity contribution in [1.29, 1.82) is 0 Å². The number of nitrogens with one attached hydrogen (secondary N) is 1. The smallest absolute Gasteiger partial charge is 0.332 e. The molecule has 0 amide bonds. The fraction of sp³-hybridized carbons (Fsp3) is 0.562. The second-order valence-corrected chi connectivity index (χ2v) is 4.96. The molecular formula is C16H23NO3. The minimum absolute atomic E-state index is 0.0385. The van der Waals surface area contributed by atoms with Gasteiger partial charge in [0.05, 0.1) is 13.2 Å².